The Morgan fingerprint density at radius 1 is 1.19 bits per heavy atom. The Hall–Kier alpha value is -1.20. The molecule has 3 nitrogen and oxygen atoms in total. The van der Waals surface area contributed by atoms with E-state index in [4.69, 9.17) is 10.5 Å². The standard InChI is InChI=1S/C11H16Br2N2O.C10H12/c1-3-4-5-15-11-8(16-2)6-7(12)9(13)10(11)14;1-8-2-4-9(5-3-8)10-6-7-10/h6,15H,3-5,14H2,1-2H3;2-5,10H,6-7H2,1H3. The van der Waals surface area contributed by atoms with Gasteiger partial charge in [0.25, 0.3) is 0 Å². The largest absolute Gasteiger partial charge is 0.494 e. The van der Waals surface area contributed by atoms with Gasteiger partial charge in [-0.15, -0.1) is 0 Å². The number of anilines is 2. The quantitative estimate of drug-likeness (QED) is 0.347. The first-order valence-corrected chi connectivity index (χ1v) is 10.7. The molecule has 1 aliphatic rings. The molecule has 0 atom stereocenters. The van der Waals surface area contributed by atoms with E-state index in [1.807, 2.05) is 6.07 Å². The summed E-state index contributed by atoms with van der Waals surface area (Å²) in [6, 6.07) is 10.8. The number of aryl methyl sites for hydroxylation is 1. The van der Waals surface area contributed by atoms with E-state index in [-0.39, 0.29) is 0 Å². The number of ether oxygens (including phenoxy) is 1. The predicted octanol–water partition coefficient (Wildman–Crippen LogP) is 6.89. The lowest BCUT2D eigenvalue weighted by atomic mass is 10.1. The maximum absolute atomic E-state index is 6.02. The van der Waals surface area contributed by atoms with Crippen molar-refractivity contribution in [2.24, 2.45) is 0 Å². The highest BCUT2D eigenvalue weighted by atomic mass is 79.9. The van der Waals surface area contributed by atoms with Gasteiger partial charge in [0.2, 0.25) is 0 Å². The number of nitrogens with two attached hydrogens (primary N) is 1. The number of halogens is 2. The number of nitrogen functional groups attached to an aromatic ring is 1. The zero-order valence-corrected chi connectivity index (χ0v) is 18.9. The van der Waals surface area contributed by atoms with E-state index < -0.39 is 0 Å². The minimum Gasteiger partial charge on any atom is -0.494 e. The second kappa shape index (κ2) is 10.2. The Labute approximate surface area is 174 Å². The first kappa shape index (κ1) is 21.1. The maximum atomic E-state index is 6.02. The molecule has 0 heterocycles. The molecule has 5 heteroatoms. The molecule has 0 unspecified atom stereocenters. The highest BCUT2D eigenvalue weighted by Gasteiger charge is 2.22. The van der Waals surface area contributed by atoms with Gasteiger partial charge in [0.05, 0.1) is 17.3 Å². The van der Waals surface area contributed by atoms with Gasteiger partial charge in [-0.05, 0) is 75.6 Å². The molecular weight excluding hydrogens is 456 g/mol. The third-order valence-corrected chi connectivity index (χ3v) is 6.41. The number of methoxy groups -OCH3 is 1. The molecule has 26 heavy (non-hydrogen) atoms. The van der Waals surface area contributed by atoms with Crippen molar-refractivity contribution in [3.8, 4) is 5.75 Å². The molecule has 3 rings (SSSR count). The van der Waals surface area contributed by atoms with Crippen LogP contribution in [0.1, 0.15) is 49.7 Å². The van der Waals surface area contributed by atoms with E-state index in [1.165, 1.54) is 24.0 Å². The summed E-state index contributed by atoms with van der Waals surface area (Å²) in [6.07, 6.45) is 5.06. The van der Waals surface area contributed by atoms with Crippen molar-refractivity contribution in [2.45, 2.75) is 45.4 Å². The molecule has 0 bridgehead atoms. The van der Waals surface area contributed by atoms with Crippen LogP contribution < -0.4 is 15.8 Å². The van der Waals surface area contributed by atoms with Crippen molar-refractivity contribution in [3.63, 3.8) is 0 Å². The van der Waals surface area contributed by atoms with Crippen molar-refractivity contribution >= 4 is 43.2 Å². The van der Waals surface area contributed by atoms with Crippen LogP contribution >= 0.6 is 31.9 Å². The van der Waals surface area contributed by atoms with Crippen LogP contribution in [0.3, 0.4) is 0 Å². The summed E-state index contributed by atoms with van der Waals surface area (Å²) in [6.45, 7) is 5.18. The zero-order chi connectivity index (χ0) is 19.1. The minimum atomic E-state index is 0.669. The molecular formula is C21H28Br2N2O. The Morgan fingerprint density at radius 3 is 2.38 bits per heavy atom. The van der Waals surface area contributed by atoms with Crippen molar-refractivity contribution in [1.29, 1.82) is 0 Å². The first-order valence-electron chi connectivity index (χ1n) is 9.09. The third-order valence-electron chi connectivity index (χ3n) is 4.40. The fourth-order valence-electron chi connectivity index (χ4n) is 2.61. The second-order valence-corrected chi connectivity index (χ2v) is 8.28. The normalized spacial score (nSPS) is 13.0. The van der Waals surface area contributed by atoms with Gasteiger partial charge in [-0.2, -0.15) is 0 Å². The molecule has 1 fully saturated rings. The van der Waals surface area contributed by atoms with Gasteiger partial charge in [0.1, 0.15) is 11.4 Å². The monoisotopic (exact) mass is 482 g/mol. The SMILES string of the molecule is CCCCNc1c(OC)cc(Br)c(Br)c1N.Cc1ccc(C2CC2)cc1. The molecule has 0 saturated heterocycles. The van der Waals surface area contributed by atoms with Crippen LogP contribution in [0.4, 0.5) is 11.4 Å². The van der Waals surface area contributed by atoms with Gasteiger partial charge in [-0.25, -0.2) is 0 Å². The van der Waals surface area contributed by atoms with Crippen LogP contribution in [-0.2, 0) is 0 Å². The molecule has 0 spiro atoms. The highest BCUT2D eigenvalue weighted by molar-refractivity contribution is 9.13. The molecule has 2 aromatic carbocycles. The summed E-state index contributed by atoms with van der Waals surface area (Å²) in [5.41, 5.74) is 10.4. The lowest BCUT2D eigenvalue weighted by Gasteiger charge is -2.15. The maximum Gasteiger partial charge on any atom is 0.145 e. The van der Waals surface area contributed by atoms with Gasteiger partial charge in [0, 0.05) is 11.0 Å². The lowest BCUT2D eigenvalue weighted by Crippen LogP contribution is -2.06. The van der Waals surface area contributed by atoms with E-state index in [1.54, 1.807) is 7.11 Å². The van der Waals surface area contributed by atoms with Crippen molar-refractivity contribution in [2.75, 3.05) is 24.7 Å². The third kappa shape index (κ3) is 5.92. The van der Waals surface area contributed by atoms with Gasteiger partial charge in [-0.3, -0.25) is 0 Å². The highest BCUT2D eigenvalue weighted by Crippen LogP contribution is 2.41. The van der Waals surface area contributed by atoms with E-state index in [2.05, 4.69) is 75.3 Å². The van der Waals surface area contributed by atoms with Crippen molar-refractivity contribution < 1.29 is 4.74 Å². The summed E-state index contributed by atoms with van der Waals surface area (Å²) in [5.74, 6) is 1.66. The molecule has 0 aromatic heterocycles. The number of rotatable bonds is 6. The molecule has 0 aliphatic heterocycles. The van der Waals surface area contributed by atoms with Gasteiger partial charge in [-0.1, -0.05) is 43.2 Å². The van der Waals surface area contributed by atoms with E-state index >= 15 is 0 Å². The fraction of sp³-hybridized carbons (Fsp3) is 0.429. The topological polar surface area (TPSA) is 47.3 Å². The summed E-state index contributed by atoms with van der Waals surface area (Å²) in [5, 5.41) is 3.30. The Balaban J connectivity index is 0.000000206. The zero-order valence-electron chi connectivity index (χ0n) is 15.7. The predicted molar refractivity (Wildman–Crippen MR) is 119 cm³/mol. The average Bonchev–Trinajstić information content (AvgIpc) is 3.48. The van der Waals surface area contributed by atoms with Crippen LogP contribution in [0.25, 0.3) is 0 Å². The summed E-state index contributed by atoms with van der Waals surface area (Å²) in [4.78, 5) is 0. The number of hydrogen-bond acceptors (Lipinski definition) is 3. The van der Waals surface area contributed by atoms with Crippen molar-refractivity contribution in [3.05, 3.63) is 50.4 Å². The molecule has 3 N–H and O–H groups in total. The van der Waals surface area contributed by atoms with Crippen molar-refractivity contribution in [1.82, 2.24) is 0 Å². The number of unbranched alkanes of at least 4 members (excludes halogenated alkanes) is 1. The van der Waals surface area contributed by atoms with Crippen LogP contribution in [0.2, 0.25) is 0 Å². The Kier molecular flexibility index (Phi) is 8.29. The molecule has 1 saturated carbocycles. The molecule has 1 aliphatic carbocycles. The molecule has 2 aromatic rings. The Morgan fingerprint density at radius 2 is 1.85 bits per heavy atom. The molecule has 0 radical (unpaired) electrons. The summed E-state index contributed by atoms with van der Waals surface area (Å²) >= 11 is 6.85. The molecule has 142 valence electrons. The minimum absolute atomic E-state index is 0.669. The van der Waals surface area contributed by atoms with E-state index in [9.17, 15) is 0 Å². The first-order chi connectivity index (χ1) is 12.5. The van der Waals surface area contributed by atoms with Crippen LogP contribution in [0.5, 0.6) is 5.75 Å². The summed E-state index contributed by atoms with van der Waals surface area (Å²) in [7, 11) is 1.64. The molecule has 0 amide bonds. The number of benzene rings is 2. The Bertz CT molecular complexity index is 713. The van der Waals surface area contributed by atoms with E-state index in [0.29, 0.717) is 5.69 Å². The average molecular weight is 484 g/mol. The smallest absolute Gasteiger partial charge is 0.145 e. The van der Waals surface area contributed by atoms with Gasteiger partial charge >= 0.3 is 0 Å². The fourth-order valence-corrected chi connectivity index (χ4v) is 3.34. The van der Waals surface area contributed by atoms with Crippen LogP contribution in [-0.4, -0.2) is 13.7 Å². The van der Waals surface area contributed by atoms with Crippen LogP contribution in [0, 0.1) is 6.92 Å². The van der Waals surface area contributed by atoms with Gasteiger partial charge < -0.3 is 15.8 Å². The van der Waals surface area contributed by atoms with Crippen LogP contribution in [0.15, 0.2) is 39.3 Å². The summed E-state index contributed by atoms with van der Waals surface area (Å²) < 4.78 is 7.04. The number of nitrogens with one attached hydrogen (secondary N) is 1. The lowest BCUT2D eigenvalue weighted by molar-refractivity contribution is 0.416. The number of hydrogen-bond donors (Lipinski definition) is 2. The van der Waals surface area contributed by atoms with Gasteiger partial charge in [0.15, 0.2) is 0 Å². The second-order valence-electron chi connectivity index (χ2n) is 6.63. The van der Waals surface area contributed by atoms with E-state index in [0.717, 1.165) is 45.7 Å².